The summed E-state index contributed by atoms with van der Waals surface area (Å²) < 4.78 is 0. The molecule has 1 aliphatic rings. The highest BCUT2D eigenvalue weighted by Gasteiger charge is 2.38. The van der Waals surface area contributed by atoms with Crippen LogP contribution in [0.1, 0.15) is 43.7 Å². The van der Waals surface area contributed by atoms with Crippen LogP contribution in [-0.2, 0) is 10.2 Å². The quantitative estimate of drug-likeness (QED) is 0.848. The van der Waals surface area contributed by atoms with E-state index in [4.69, 9.17) is 0 Å². The van der Waals surface area contributed by atoms with Crippen molar-refractivity contribution >= 4 is 5.91 Å². The third-order valence-corrected chi connectivity index (χ3v) is 4.87. The lowest BCUT2D eigenvalue weighted by molar-refractivity contribution is -0.122. The molecule has 0 aromatic heterocycles. The van der Waals surface area contributed by atoms with Crippen molar-refractivity contribution in [2.45, 2.75) is 38.0 Å². The van der Waals surface area contributed by atoms with Gasteiger partial charge in [0.2, 0.25) is 5.91 Å². The Morgan fingerprint density at radius 1 is 1.04 bits per heavy atom. The topological polar surface area (TPSA) is 29.1 Å². The predicted octanol–water partition coefficient (Wildman–Crippen LogP) is 4.27. The Morgan fingerprint density at radius 3 is 2.30 bits per heavy atom. The number of benzene rings is 2. The summed E-state index contributed by atoms with van der Waals surface area (Å²) in [4.78, 5) is 12.3. The van der Waals surface area contributed by atoms with Gasteiger partial charge >= 0.3 is 0 Å². The van der Waals surface area contributed by atoms with E-state index in [1.165, 1.54) is 17.5 Å². The van der Waals surface area contributed by atoms with E-state index in [2.05, 4.69) is 55.6 Å². The fraction of sp³-hybridized carbons (Fsp3) is 0.381. The Bertz CT molecular complexity index is 648. The molecule has 0 radical (unpaired) electrons. The Hall–Kier alpha value is -2.09. The second-order valence-electron chi connectivity index (χ2n) is 7.24. The van der Waals surface area contributed by atoms with E-state index in [1.807, 2.05) is 24.3 Å². The maximum Gasteiger partial charge on any atom is 0.220 e. The molecular weight excluding hydrogens is 282 g/mol. The SMILES string of the molecule is CC(C)(CC(=O)NCC1CC1c1ccccc1)c1ccccc1. The Labute approximate surface area is 138 Å². The van der Waals surface area contributed by atoms with Crippen LogP contribution < -0.4 is 5.32 Å². The molecule has 1 fully saturated rings. The van der Waals surface area contributed by atoms with Crippen molar-refractivity contribution in [1.29, 1.82) is 0 Å². The van der Waals surface area contributed by atoms with Gasteiger partial charge in [0.15, 0.2) is 0 Å². The molecule has 2 heteroatoms. The lowest BCUT2D eigenvalue weighted by atomic mass is 9.81. The average Bonchev–Trinajstić information content (AvgIpc) is 3.34. The molecule has 1 saturated carbocycles. The van der Waals surface area contributed by atoms with Gasteiger partial charge in [0.1, 0.15) is 0 Å². The minimum Gasteiger partial charge on any atom is -0.356 e. The van der Waals surface area contributed by atoms with E-state index in [1.54, 1.807) is 0 Å². The third-order valence-electron chi connectivity index (χ3n) is 4.87. The Kier molecular flexibility index (Phi) is 4.51. The standard InChI is InChI=1S/C21H25NO/c1-21(2,18-11-7-4-8-12-18)14-20(23)22-15-17-13-19(17)16-9-5-3-6-10-16/h3-12,17,19H,13-15H2,1-2H3,(H,22,23). The summed E-state index contributed by atoms with van der Waals surface area (Å²) >= 11 is 0. The summed E-state index contributed by atoms with van der Waals surface area (Å²) in [7, 11) is 0. The van der Waals surface area contributed by atoms with Crippen molar-refractivity contribution in [3.05, 3.63) is 71.8 Å². The summed E-state index contributed by atoms with van der Waals surface area (Å²) in [5.41, 5.74) is 2.48. The maximum atomic E-state index is 12.3. The fourth-order valence-electron chi connectivity index (χ4n) is 3.28. The number of carbonyl (C=O) groups is 1. The van der Waals surface area contributed by atoms with Crippen LogP contribution >= 0.6 is 0 Å². The van der Waals surface area contributed by atoms with Gasteiger partial charge in [-0.3, -0.25) is 4.79 Å². The van der Waals surface area contributed by atoms with Crippen LogP contribution in [0, 0.1) is 5.92 Å². The molecule has 1 amide bonds. The number of rotatable bonds is 6. The molecule has 0 bridgehead atoms. The second-order valence-corrected chi connectivity index (χ2v) is 7.24. The van der Waals surface area contributed by atoms with Gasteiger partial charge in [-0.25, -0.2) is 0 Å². The lowest BCUT2D eigenvalue weighted by Gasteiger charge is -2.24. The third kappa shape index (κ3) is 4.01. The van der Waals surface area contributed by atoms with Gasteiger partial charge in [-0.2, -0.15) is 0 Å². The smallest absolute Gasteiger partial charge is 0.220 e. The summed E-state index contributed by atoms with van der Waals surface area (Å²) in [6, 6.07) is 20.9. The molecule has 0 heterocycles. The molecular formula is C21H25NO. The first-order valence-corrected chi connectivity index (χ1v) is 8.43. The average molecular weight is 307 g/mol. The van der Waals surface area contributed by atoms with E-state index in [9.17, 15) is 4.79 Å². The Balaban J connectivity index is 1.48. The molecule has 3 rings (SSSR count). The summed E-state index contributed by atoms with van der Waals surface area (Å²) in [6.45, 7) is 5.06. The van der Waals surface area contributed by atoms with Crippen LogP contribution in [0.2, 0.25) is 0 Å². The Morgan fingerprint density at radius 2 is 1.65 bits per heavy atom. The van der Waals surface area contributed by atoms with Crippen molar-refractivity contribution in [3.63, 3.8) is 0 Å². The van der Waals surface area contributed by atoms with Crippen molar-refractivity contribution in [2.75, 3.05) is 6.54 Å². The molecule has 0 aliphatic heterocycles. The number of nitrogens with one attached hydrogen (secondary N) is 1. The molecule has 2 aromatic carbocycles. The molecule has 0 saturated heterocycles. The highest BCUT2D eigenvalue weighted by Crippen LogP contribution is 2.46. The van der Waals surface area contributed by atoms with Gasteiger partial charge in [-0.05, 0) is 34.8 Å². The minimum absolute atomic E-state index is 0.131. The van der Waals surface area contributed by atoms with E-state index < -0.39 is 0 Å². The predicted molar refractivity (Wildman–Crippen MR) is 94.4 cm³/mol. The zero-order valence-corrected chi connectivity index (χ0v) is 14.0. The first kappa shape index (κ1) is 15.8. The normalized spacial score (nSPS) is 20.1. The van der Waals surface area contributed by atoms with Crippen LogP contribution in [0.5, 0.6) is 0 Å². The van der Waals surface area contributed by atoms with E-state index in [0.29, 0.717) is 18.3 Å². The largest absolute Gasteiger partial charge is 0.356 e. The van der Waals surface area contributed by atoms with Crippen molar-refractivity contribution in [3.8, 4) is 0 Å². The van der Waals surface area contributed by atoms with Crippen LogP contribution in [-0.4, -0.2) is 12.5 Å². The summed E-state index contributed by atoms with van der Waals surface area (Å²) in [5, 5.41) is 3.13. The second kappa shape index (κ2) is 6.57. The fourth-order valence-corrected chi connectivity index (χ4v) is 3.28. The molecule has 23 heavy (non-hydrogen) atoms. The van der Waals surface area contributed by atoms with E-state index >= 15 is 0 Å². The molecule has 1 N–H and O–H groups in total. The monoisotopic (exact) mass is 307 g/mol. The van der Waals surface area contributed by atoms with Crippen molar-refractivity contribution in [2.24, 2.45) is 5.92 Å². The summed E-state index contributed by atoms with van der Waals surface area (Å²) in [5.74, 6) is 1.37. The van der Waals surface area contributed by atoms with Crippen LogP contribution in [0.3, 0.4) is 0 Å². The van der Waals surface area contributed by atoms with Crippen molar-refractivity contribution in [1.82, 2.24) is 5.32 Å². The van der Waals surface area contributed by atoms with Gasteiger partial charge < -0.3 is 5.32 Å². The van der Waals surface area contributed by atoms with Gasteiger partial charge in [0, 0.05) is 13.0 Å². The molecule has 120 valence electrons. The number of amides is 1. The molecule has 2 nitrogen and oxygen atoms in total. The molecule has 2 aromatic rings. The lowest BCUT2D eigenvalue weighted by Crippen LogP contribution is -2.32. The van der Waals surface area contributed by atoms with Crippen molar-refractivity contribution < 1.29 is 4.79 Å². The number of carbonyl (C=O) groups excluding carboxylic acids is 1. The first-order valence-electron chi connectivity index (χ1n) is 8.43. The summed E-state index contributed by atoms with van der Waals surface area (Å²) in [6.07, 6.45) is 1.71. The highest BCUT2D eigenvalue weighted by atomic mass is 16.1. The van der Waals surface area contributed by atoms with E-state index in [-0.39, 0.29) is 11.3 Å². The van der Waals surface area contributed by atoms with Crippen LogP contribution in [0.4, 0.5) is 0 Å². The molecule has 2 atom stereocenters. The van der Waals surface area contributed by atoms with E-state index in [0.717, 1.165) is 6.54 Å². The maximum absolute atomic E-state index is 12.3. The van der Waals surface area contributed by atoms with Gasteiger partial charge in [0.25, 0.3) is 0 Å². The number of hydrogen-bond donors (Lipinski definition) is 1. The van der Waals surface area contributed by atoms with Crippen LogP contribution in [0.15, 0.2) is 60.7 Å². The van der Waals surface area contributed by atoms with Crippen LogP contribution in [0.25, 0.3) is 0 Å². The molecule has 2 unspecified atom stereocenters. The van der Waals surface area contributed by atoms with Gasteiger partial charge in [-0.1, -0.05) is 74.5 Å². The van der Waals surface area contributed by atoms with Gasteiger partial charge in [-0.15, -0.1) is 0 Å². The zero-order chi connectivity index (χ0) is 16.3. The minimum atomic E-state index is -0.131. The van der Waals surface area contributed by atoms with Gasteiger partial charge in [0.05, 0.1) is 0 Å². The molecule has 0 spiro atoms. The first-order chi connectivity index (χ1) is 11.1. The molecule has 1 aliphatic carbocycles. The number of hydrogen-bond acceptors (Lipinski definition) is 1. The highest BCUT2D eigenvalue weighted by molar-refractivity contribution is 5.77. The zero-order valence-electron chi connectivity index (χ0n) is 14.0.